The minimum atomic E-state index is -0.504. The zero-order chi connectivity index (χ0) is 41.8. The highest BCUT2D eigenvalue weighted by Gasteiger charge is 2.28. The van der Waals surface area contributed by atoms with Gasteiger partial charge in [0, 0.05) is 81.7 Å². The molecular weight excluding hydrogens is 764 g/mol. The number of carbonyl (C=O) groups is 6. The number of anilines is 1. The molecule has 7 amide bonds. The molecule has 1 aromatic heterocycles. The molecule has 318 valence electrons. The number of amides is 7. The van der Waals surface area contributed by atoms with Gasteiger partial charge in [0.2, 0.25) is 17.7 Å². The van der Waals surface area contributed by atoms with Crippen LogP contribution >= 0.6 is 0 Å². The standard InChI is InChI=1S/C41H54N8O10/c1-30-25-39(54)49(46-40(30)31-5-7-34(8-6-31)45-41(55)47-27-32-11-14-42-26-33(32)28-47)16-4-2-3-13-43-35(50)12-17-56-19-21-58-23-24-59-22-20-57-18-15-44-36(51)29-48-37(52)9-10-38(48)53/h5-11,14,26,30H,2-4,12-13,15-25,27-29H2,1H3,(H,43,50)(H,44,51)(H,45,55). The van der Waals surface area contributed by atoms with Crippen LogP contribution in [-0.2, 0) is 56.0 Å². The number of carbonyl (C=O) groups excluding carboxylic acids is 6. The molecule has 0 saturated carbocycles. The maximum atomic E-state index is 12.9. The normalized spacial score (nSPS) is 16.1. The highest BCUT2D eigenvalue weighted by molar-refractivity contribution is 6.14. The molecule has 0 aliphatic carbocycles. The third kappa shape index (κ3) is 14.6. The molecule has 18 nitrogen and oxygen atoms in total. The zero-order valence-corrected chi connectivity index (χ0v) is 33.5. The lowest BCUT2D eigenvalue weighted by molar-refractivity contribution is -0.141. The summed E-state index contributed by atoms with van der Waals surface area (Å²) in [5.74, 6) is -1.57. The van der Waals surface area contributed by atoms with Crippen molar-refractivity contribution in [2.75, 3.05) is 84.4 Å². The Kier molecular flexibility index (Phi) is 17.9. The van der Waals surface area contributed by atoms with Gasteiger partial charge in [-0.25, -0.2) is 9.80 Å². The molecule has 5 rings (SSSR count). The SMILES string of the molecule is CC1CC(=O)N(CCCCCNC(=O)CCOCCOCCOCCOCCNC(=O)CN2C(=O)C=CC2=O)N=C1c1ccc(NC(=O)N2Cc3ccncc3C2)cc1. The molecule has 0 bridgehead atoms. The summed E-state index contributed by atoms with van der Waals surface area (Å²) < 4.78 is 21.8. The first-order valence-electron chi connectivity index (χ1n) is 20.0. The van der Waals surface area contributed by atoms with Crippen LogP contribution in [0.3, 0.4) is 0 Å². The van der Waals surface area contributed by atoms with Crippen LogP contribution in [0.2, 0.25) is 0 Å². The van der Waals surface area contributed by atoms with E-state index in [9.17, 15) is 28.8 Å². The predicted molar refractivity (Wildman–Crippen MR) is 215 cm³/mol. The van der Waals surface area contributed by atoms with Crippen molar-refractivity contribution in [3.8, 4) is 0 Å². The van der Waals surface area contributed by atoms with E-state index in [2.05, 4.69) is 20.9 Å². The largest absolute Gasteiger partial charge is 0.379 e. The van der Waals surface area contributed by atoms with Crippen LogP contribution in [0.1, 0.15) is 55.7 Å². The van der Waals surface area contributed by atoms with Crippen LogP contribution in [-0.4, -0.2) is 140 Å². The van der Waals surface area contributed by atoms with Crippen molar-refractivity contribution < 1.29 is 47.7 Å². The van der Waals surface area contributed by atoms with Crippen LogP contribution in [0.4, 0.5) is 10.5 Å². The first-order chi connectivity index (χ1) is 28.7. The van der Waals surface area contributed by atoms with Crippen LogP contribution in [0, 0.1) is 5.92 Å². The lowest BCUT2D eigenvalue weighted by Gasteiger charge is -2.28. The van der Waals surface area contributed by atoms with Gasteiger partial charge in [-0.1, -0.05) is 19.1 Å². The van der Waals surface area contributed by atoms with Crippen LogP contribution in [0.15, 0.2) is 60.0 Å². The summed E-state index contributed by atoms with van der Waals surface area (Å²) >= 11 is 0. The fourth-order valence-electron chi connectivity index (χ4n) is 6.41. The van der Waals surface area contributed by atoms with Crippen molar-refractivity contribution in [3.05, 3.63) is 71.6 Å². The van der Waals surface area contributed by atoms with E-state index in [1.54, 1.807) is 22.3 Å². The average Bonchev–Trinajstić information content (AvgIpc) is 3.81. The van der Waals surface area contributed by atoms with Gasteiger partial charge in [-0.3, -0.25) is 33.9 Å². The van der Waals surface area contributed by atoms with Gasteiger partial charge in [-0.15, -0.1) is 0 Å². The number of hydrazone groups is 1. The Hall–Kier alpha value is -5.56. The average molecular weight is 819 g/mol. The van der Waals surface area contributed by atoms with E-state index in [1.165, 1.54) is 0 Å². The highest BCUT2D eigenvalue weighted by atomic mass is 16.6. The van der Waals surface area contributed by atoms with E-state index < -0.39 is 17.7 Å². The fraction of sp³-hybridized carbons (Fsp3) is 0.512. The quantitative estimate of drug-likeness (QED) is 0.0975. The lowest BCUT2D eigenvalue weighted by atomic mass is 9.93. The topological polar surface area (TPSA) is 210 Å². The molecule has 3 aliphatic rings. The van der Waals surface area contributed by atoms with Crippen molar-refractivity contribution in [3.63, 3.8) is 0 Å². The lowest BCUT2D eigenvalue weighted by Crippen LogP contribution is -2.41. The van der Waals surface area contributed by atoms with E-state index in [-0.39, 0.29) is 56.5 Å². The molecule has 4 heterocycles. The molecular formula is C41H54N8O10. The maximum Gasteiger partial charge on any atom is 0.322 e. The Labute approximate surface area is 343 Å². The van der Waals surface area contributed by atoms with Crippen molar-refractivity contribution in [2.24, 2.45) is 11.0 Å². The number of nitrogens with zero attached hydrogens (tertiary/aromatic N) is 5. The molecule has 2 aromatic rings. The van der Waals surface area contributed by atoms with E-state index in [0.29, 0.717) is 77.9 Å². The minimum Gasteiger partial charge on any atom is -0.379 e. The Morgan fingerprint density at radius 3 is 2.08 bits per heavy atom. The second kappa shape index (κ2) is 23.7. The summed E-state index contributed by atoms with van der Waals surface area (Å²) in [6.45, 7) is 6.75. The first-order valence-corrected chi connectivity index (χ1v) is 20.0. The highest BCUT2D eigenvalue weighted by Crippen LogP contribution is 2.24. The molecule has 3 N–H and O–H groups in total. The van der Waals surface area contributed by atoms with Crippen molar-refractivity contribution >= 4 is 47.0 Å². The number of benzene rings is 1. The number of nitrogens with one attached hydrogen (secondary N) is 3. The van der Waals surface area contributed by atoms with Crippen molar-refractivity contribution in [1.29, 1.82) is 0 Å². The Morgan fingerprint density at radius 2 is 1.39 bits per heavy atom. The summed E-state index contributed by atoms with van der Waals surface area (Å²) in [7, 11) is 0. The number of hydrogen-bond acceptors (Lipinski definition) is 12. The number of hydrogen-bond donors (Lipinski definition) is 3. The third-order valence-corrected chi connectivity index (χ3v) is 9.64. The molecule has 0 fully saturated rings. The van der Waals surface area contributed by atoms with E-state index >= 15 is 0 Å². The molecule has 1 atom stereocenters. The molecule has 3 aliphatic heterocycles. The molecule has 0 radical (unpaired) electrons. The monoisotopic (exact) mass is 818 g/mol. The number of urea groups is 1. The van der Waals surface area contributed by atoms with Crippen LogP contribution in [0.5, 0.6) is 0 Å². The van der Waals surface area contributed by atoms with Crippen LogP contribution in [0.25, 0.3) is 0 Å². The Balaban J connectivity index is 0.820. The number of rotatable bonds is 25. The second-order valence-electron chi connectivity index (χ2n) is 14.2. The predicted octanol–water partition coefficient (Wildman–Crippen LogP) is 1.99. The number of unbranched alkanes of at least 4 members (excludes halogenated alkanes) is 2. The summed E-state index contributed by atoms with van der Waals surface area (Å²) in [4.78, 5) is 79.3. The van der Waals surface area contributed by atoms with Gasteiger partial charge in [0.25, 0.3) is 11.8 Å². The molecule has 1 aromatic carbocycles. The molecule has 18 heteroatoms. The number of aromatic nitrogens is 1. The van der Waals surface area contributed by atoms with Gasteiger partial charge in [0.05, 0.1) is 58.6 Å². The van der Waals surface area contributed by atoms with Crippen molar-refractivity contribution in [1.82, 2.24) is 30.4 Å². The number of pyridine rings is 1. The summed E-state index contributed by atoms with van der Waals surface area (Å²) in [6.07, 6.45) is 8.78. The maximum absolute atomic E-state index is 12.9. The van der Waals surface area contributed by atoms with Crippen LogP contribution < -0.4 is 16.0 Å². The van der Waals surface area contributed by atoms with Gasteiger partial charge in [0.1, 0.15) is 6.54 Å². The minimum absolute atomic E-state index is 0.00681. The fourth-order valence-corrected chi connectivity index (χ4v) is 6.41. The van der Waals surface area contributed by atoms with E-state index in [1.807, 2.05) is 37.3 Å². The van der Waals surface area contributed by atoms with Gasteiger partial charge in [0.15, 0.2) is 0 Å². The Morgan fingerprint density at radius 1 is 0.746 bits per heavy atom. The molecule has 1 unspecified atom stereocenters. The molecule has 0 spiro atoms. The number of ether oxygens (including phenoxy) is 4. The van der Waals surface area contributed by atoms with E-state index in [4.69, 9.17) is 24.0 Å². The van der Waals surface area contributed by atoms with Gasteiger partial charge >= 0.3 is 6.03 Å². The zero-order valence-electron chi connectivity index (χ0n) is 33.5. The smallest absolute Gasteiger partial charge is 0.322 e. The summed E-state index contributed by atoms with van der Waals surface area (Å²) in [5, 5.41) is 14.7. The van der Waals surface area contributed by atoms with Crippen molar-refractivity contribution in [2.45, 2.75) is 52.1 Å². The van der Waals surface area contributed by atoms with Gasteiger partial charge in [-0.05, 0) is 54.2 Å². The first kappa shape index (κ1) is 44.5. The Bertz CT molecular complexity index is 1780. The number of fused-ring (bicyclic) bond motifs is 1. The van der Waals surface area contributed by atoms with E-state index in [0.717, 1.165) is 58.7 Å². The molecule has 0 saturated heterocycles. The number of imide groups is 1. The van der Waals surface area contributed by atoms with Gasteiger partial charge in [-0.2, -0.15) is 5.10 Å². The summed E-state index contributed by atoms with van der Waals surface area (Å²) in [5.41, 5.74) is 4.59. The summed E-state index contributed by atoms with van der Waals surface area (Å²) in [6, 6.07) is 9.32. The third-order valence-electron chi connectivity index (χ3n) is 9.64. The van der Waals surface area contributed by atoms with Gasteiger partial charge < -0.3 is 39.8 Å². The molecule has 59 heavy (non-hydrogen) atoms. The second-order valence-corrected chi connectivity index (χ2v) is 14.2.